The van der Waals surface area contributed by atoms with Gasteiger partial charge in [-0.3, -0.25) is 0 Å². The van der Waals surface area contributed by atoms with Crippen molar-refractivity contribution in [3.05, 3.63) is 0 Å². The van der Waals surface area contributed by atoms with Gasteiger partial charge in [-0.15, -0.1) is 0 Å². The number of sulfonamides is 1. The Morgan fingerprint density at radius 3 is 2.44 bits per heavy atom. The quantitative estimate of drug-likeness (QED) is 0.632. The van der Waals surface area contributed by atoms with Crippen LogP contribution in [0.25, 0.3) is 0 Å². The van der Waals surface area contributed by atoms with Gasteiger partial charge in [-0.25, -0.2) is 13.1 Å². The first-order chi connectivity index (χ1) is 8.49. The first-order valence-corrected chi connectivity index (χ1v) is 8.85. The normalized spacial score (nSPS) is 17.7. The average Bonchev–Trinajstić information content (AvgIpc) is 2.77. The Morgan fingerprint density at radius 1 is 1.17 bits per heavy atom. The summed E-state index contributed by atoms with van der Waals surface area (Å²) < 4.78 is 26.1. The van der Waals surface area contributed by atoms with Crippen LogP contribution in [0.4, 0.5) is 0 Å². The van der Waals surface area contributed by atoms with Crippen molar-refractivity contribution >= 4 is 10.0 Å². The van der Waals surface area contributed by atoms with Gasteiger partial charge >= 0.3 is 0 Å². The van der Waals surface area contributed by atoms with E-state index in [1.807, 2.05) is 0 Å². The Hall–Kier alpha value is -0.130. The van der Waals surface area contributed by atoms with Crippen LogP contribution >= 0.6 is 0 Å². The lowest BCUT2D eigenvalue weighted by Gasteiger charge is -2.11. The fraction of sp³-hybridized carbons (Fsp3) is 1.00. The van der Waals surface area contributed by atoms with Crippen LogP contribution in [0.1, 0.15) is 52.4 Å². The van der Waals surface area contributed by atoms with Crippen molar-refractivity contribution in [3.63, 3.8) is 0 Å². The van der Waals surface area contributed by atoms with Crippen LogP contribution in [0.5, 0.6) is 0 Å². The van der Waals surface area contributed by atoms with E-state index in [0.29, 0.717) is 19.0 Å². The zero-order valence-corrected chi connectivity index (χ0v) is 12.6. The molecule has 0 amide bonds. The van der Waals surface area contributed by atoms with E-state index in [1.54, 1.807) is 0 Å². The van der Waals surface area contributed by atoms with E-state index in [1.165, 1.54) is 25.7 Å². The Bertz CT molecular complexity index is 309. The Kier molecular flexibility index (Phi) is 7.19. The van der Waals surface area contributed by atoms with Crippen LogP contribution in [0.2, 0.25) is 0 Å². The van der Waals surface area contributed by atoms with Gasteiger partial charge in [-0.2, -0.15) is 0 Å². The molecule has 0 aromatic carbocycles. The predicted octanol–water partition coefficient (Wildman–Crippen LogP) is 1.87. The SMILES string of the molecule is CC(C)NCCCS(=O)(=O)NCCC1CCCC1. The minimum Gasteiger partial charge on any atom is -0.314 e. The summed E-state index contributed by atoms with van der Waals surface area (Å²) in [5, 5.41) is 3.23. The minimum absolute atomic E-state index is 0.234. The van der Waals surface area contributed by atoms with Gasteiger partial charge in [0, 0.05) is 12.6 Å². The molecule has 1 rings (SSSR count). The zero-order chi connectivity index (χ0) is 13.4. The molecular weight excluding hydrogens is 248 g/mol. The maximum atomic E-state index is 11.7. The Morgan fingerprint density at radius 2 is 1.83 bits per heavy atom. The van der Waals surface area contributed by atoms with Gasteiger partial charge in [0.1, 0.15) is 0 Å². The molecular formula is C13H28N2O2S. The van der Waals surface area contributed by atoms with Crippen molar-refractivity contribution in [1.82, 2.24) is 10.0 Å². The molecule has 5 heteroatoms. The van der Waals surface area contributed by atoms with Crippen LogP contribution in [0.3, 0.4) is 0 Å². The molecule has 2 N–H and O–H groups in total. The molecule has 0 heterocycles. The molecule has 0 bridgehead atoms. The highest BCUT2D eigenvalue weighted by Gasteiger charge is 2.16. The van der Waals surface area contributed by atoms with Gasteiger partial charge in [0.15, 0.2) is 0 Å². The lowest BCUT2D eigenvalue weighted by Crippen LogP contribution is -2.31. The summed E-state index contributed by atoms with van der Waals surface area (Å²) in [5.41, 5.74) is 0. The van der Waals surface area contributed by atoms with E-state index in [0.717, 1.165) is 18.9 Å². The molecule has 0 unspecified atom stereocenters. The van der Waals surface area contributed by atoms with Gasteiger partial charge in [-0.1, -0.05) is 39.5 Å². The van der Waals surface area contributed by atoms with Crippen LogP contribution in [-0.2, 0) is 10.0 Å². The van der Waals surface area contributed by atoms with Gasteiger partial charge in [0.05, 0.1) is 5.75 Å². The average molecular weight is 276 g/mol. The number of nitrogens with one attached hydrogen (secondary N) is 2. The molecule has 0 atom stereocenters. The third-order valence-electron chi connectivity index (χ3n) is 3.49. The monoisotopic (exact) mass is 276 g/mol. The smallest absolute Gasteiger partial charge is 0.211 e. The Balaban J connectivity index is 2.07. The molecule has 0 radical (unpaired) electrons. The van der Waals surface area contributed by atoms with Crippen LogP contribution in [-0.4, -0.2) is 33.3 Å². The highest BCUT2D eigenvalue weighted by molar-refractivity contribution is 7.89. The van der Waals surface area contributed by atoms with Gasteiger partial charge in [0.2, 0.25) is 10.0 Å². The lowest BCUT2D eigenvalue weighted by atomic mass is 10.1. The standard InChI is InChI=1S/C13H28N2O2S/c1-12(2)14-9-5-11-18(16,17)15-10-8-13-6-3-4-7-13/h12-15H,3-11H2,1-2H3. The predicted molar refractivity (Wildman–Crippen MR) is 76.1 cm³/mol. The number of hydrogen-bond acceptors (Lipinski definition) is 3. The van der Waals surface area contributed by atoms with Crippen molar-refractivity contribution in [2.75, 3.05) is 18.8 Å². The molecule has 0 aromatic rings. The number of rotatable bonds is 9. The fourth-order valence-corrected chi connectivity index (χ4v) is 3.54. The van der Waals surface area contributed by atoms with Crippen LogP contribution in [0.15, 0.2) is 0 Å². The third kappa shape index (κ3) is 7.34. The summed E-state index contributed by atoms with van der Waals surface area (Å²) in [5.74, 6) is 0.979. The van der Waals surface area contributed by atoms with Crippen molar-refractivity contribution in [2.45, 2.75) is 58.4 Å². The summed E-state index contributed by atoms with van der Waals surface area (Å²) in [6.07, 6.45) is 6.87. The minimum atomic E-state index is -3.06. The molecule has 1 aliphatic carbocycles. The van der Waals surface area contributed by atoms with Gasteiger partial charge in [-0.05, 0) is 25.3 Å². The molecule has 0 saturated heterocycles. The van der Waals surface area contributed by atoms with Gasteiger partial charge in [0.25, 0.3) is 0 Å². The van der Waals surface area contributed by atoms with Crippen molar-refractivity contribution in [3.8, 4) is 0 Å². The van der Waals surface area contributed by atoms with E-state index in [9.17, 15) is 8.42 Å². The molecule has 0 aliphatic heterocycles. The maximum absolute atomic E-state index is 11.7. The van der Waals surface area contributed by atoms with E-state index in [4.69, 9.17) is 0 Å². The van der Waals surface area contributed by atoms with Crippen LogP contribution < -0.4 is 10.0 Å². The molecule has 18 heavy (non-hydrogen) atoms. The second-order valence-corrected chi connectivity index (χ2v) is 7.54. The third-order valence-corrected chi connectivity index (χ3v) is 4.96. The second kappa shape index (κ2) is 8.12. The Labute approximate surface area is 112 Å². The molecule has 1 fully saturated rings. The molecule has 4 nitrogen and oxygen atoms in total. The summed E-state index contributed by atoms with van der Waals surface area (Å²) >= 11 is 0. The summed E-state index contributed by atoms with van der Waals surface area (Å²) in [7, 11) is -3.06. The van der Waals surface area contributed by atoms with E-state index in [2.05, 4.69) is 23.9 Å². The van der Waals surface area contributed by atoms with Crippen LogP contribution in [0, 0.1) is 5.92 Å². The second-order valence-electron chi connectivity index (χ2n) is 5.61. The highest BCUT2D eigenvalue weighted by Crippen LogP contribution is 2.26. The molecule has 1 saturated carbocycles. The summed E-state index contributed by atoms with van der Waals surface area (Å²) in [6.45, 7) is 5.51. The topological polar surface area (TPSA) is 58.2 Å². The molecule has 0 spiro atoms. The van der Waals surface area contributed by atoms with E-state index < -0.39 is 10.0 Å². The van der Waals surface area contributed by atoms with E-state index >= 15 is 0 Å². The summed E-state index contributed by atoms with van der Waals surface area (Å²) in [4.78, 5) is 0. The summed E-state index contributed by atoms with van der Waals surface area (Å²) in [6, 6.07) is 0.419. The molecule has 108 valence electrons. The van der Waals surface area contributed by atoms with Crippen molar-refractivity contribution in [1.29, 1.82) is 0 Å². The first kappa shape index (κ1) is 15.9. The zero-order valence-electron chi connectivity index (χ0n) is 11.7. The number of hydrogen-bond donors (Lipinski definition) is 2. The van der Waals surface area contributed by atoms with Crippen molar-refractivity contribution < 1.29 is 8.42 Å². The molecule has 0 aromatic heterocycles. The van der Waals surface area contributed by atoms with E-state index in [-0.39, 0.29) is 5.75 Å². The molecule has 1 aliphatic rings. The van der Waals surface area contributed by atoms with Gasteiger partial charge < -0.3 is 5.32 Å². The maximum Gasteiger partial charge on any atom is 0.211 e. The largest absolute Gasteiger partial charge is 0.314 e. The lowest BCUT2D eigenvalue weighted by molar-refractivity contribution is 0.495. The first-order valence-electron chi connectivity index (χ1n) is 7.20. The highest BCUT2D eigenvalue weighted by atomic mass is 32.2. The van der Waals surface area contributed by atoms with Crippen molar-refractivity contribution in [2.24, 2.45) is 5.92 Å². The fourth-order valence-electron chi connectivity index (χ4n) is 2.44.